The molecule has 0 aliphatic carbocycles. The predicted molar refractivity (Wildman–Crippen MR) is 119 cm³/mol. The molecule has 3 aromatic carbocycles. The van der Waals surface area contributed by atoms with Crippen molar-refractivity contribution in [3.05, 3.63) is 83.9 Å². The zero-order valence-electron chi connectivity index (χ0n) is 17.3. The molecule has 0 saturated heterocycles. The first-order valence-electron chi connectivity index (χ1n) is 10.1. The highest BCUT2D eigenvalue weighted by molar-refractivity contribution is 6.34. The van der Waals surface area contributed by atoms with Crippen LogP contribution in [-0.2, 0) is 4.79 Å². The van der Waals surface area contributed by atoms with Gasteiger partial charge in [0.1, 0.15) is 11.5 Å². The molecule has 1 aliphatic rings. The second-order valence-corrected chi connectivity index (χ2v) is 7.42. The highest BCUT2D eigenvalue weighted by atomic mass is 16.5. The predicted octanol–water partition coefficient (Wildman–Crippen LogP) is 5.26. The molecule has 31 heavy (non-hydrogen) atoms. The van der Waals surface area contributed by atoms with Crippen LogP contribution < -0.4 is 15.0 Å². The van der Waals surface area contributed by atoms with Gasteiger partial charge in [0.15, 0.2) is 0 Å². The van der Waals surface area contributed by atoms with Gasteiger partial charge in [-0.15, -0.1) is 0 Å². The van der Waals surface area contributed by atoms with E-state index in [0.29, 0.717) is 34.0 Å². The molecule has 0 bridgehead atoms. The second kappa shape index (κ2) is 8.44. The molecule has 0 saturated carbocycles. The number of hydrogen-bond donors (Lipinski definition) is 1. The van der Waals surface area contributed by atoms with Crippen molar-refractivity contribution in [1.29, 1.82) is 0 Å². The smallest absolute Gasteiger partial charge is 0.266 e. The lowest BCUT2D eigenvalue weighted by Gasteiger charge is -2.13. The Morgan fingerprint density at radius 3 is 2.35 bits per heavy atom. The summed E-state index contributed by atoms with van der Waals surface area (Å²) in [6.45, 7) is 3.83. The van der Waals surface area contributed by atoms with Crippen molar-refractivity contribution in [3.8, 4) is 11.5 Å². The molecular formula is C25H22N2O4. The molecule has 6 heteroatoms. The number of rotatable bonds is 6. The van der Waals surface area contributed by atoms with Crippen molar-refractivity contribution in [2.75, 3.05) is 10.2 Å². The average Bonchev–Trinajstić information content (AvgIpc) is 3.03. The number of benzene rings is 3. The molecule has 3 aromatic rings. The van der Waals surface area contributed by atoms with E-state index in [2.05, 4.69) is 5.32 Å². The monoisotopic (exact) mass is 414 g/mol. The van der Waals surface area contributed by atoms with E-state index in [0.717, 1.165) is 6.42 Å². The molecule has 0 aromatic heterocycles. The standard InChI is InChI=1S/C25H22N2O4/c1-3-16(2)23(28)26-17-8-7-11-19(14-17)31-20-12-13-21-22(15-20)25(30)27(24(21)29)18-9-5-4-6-10-18/h4-16H,3H2,1-2H3,(H,26,28)/t16-/m1/s1. The van der Waals surface area contributed by atoms with E-state index in [4.69, 9.17) is 4.74 Å². The van der Waals surface area contributed by atoms with Crippen LogP contribution in [-0.4, -0.2) is 17.7 Å². The van der Waals surface area contributed by atoms with E-state index in [1.807, 2.05) is 19.9 Å². The molecule has 1 heterocycles. The van der Waals surface area contributed by atoms with E-state index >= 15 is 0 Å². The summed E-state index contributed by atoms with van der Waals surface area (Å²) in [4.78, 5) is 38.9. The van der Waals surface area contributed by atoms with Gasteiger partial charge in [-0.2, -0.15) is 0 Å². The topological polar surface area (TPSA) is 75.7 Å². The third-order valence-corrected chi connectivity index (χ3v) is 5.27. The summed E-state index contributed by atoms with van der Waals surface area (Å²) in [5.74, 6) is 0.0669. The molecule has 0 spiro atoms. The molecule has 6 nitrogen and oxygen atoms in total. The number of ether oxygens (including phenoxy) is 1. The van der Waals surface area contributed by atoms with Crippen LogP contribution in [0.2, 0.25) is 0 Å². The fourth-order valence-electron chi connectivity index (χ4n) is 3.32. The Kier molecular flexibility index (Phi) is 5.54. The van der Waals surface area contributed by atoms with Crippen molar-refractivity contribution >= 4 is 29.1 Å². The molecule has 0 fully saturated rings. The maximum atomic E-state index is 12.9. The number of fused-ring (bicyclic) bond motifs is 1. The molecule has 3 amide bonds. The molecule has 156 valence electrons. The summed E-state index contributed by atoms with van der Waals surface area (Å²) in [5, 5.41) is 2.87. The molecule has 4 rings (SSSR count). The normalized spacial score (nSPS) is 13.7. The zero-order chi connectivity index (χ0) is 22.0. The first-order chi connectivity index (χ1) is 15.0. The summed E-state index contributed by atoms with van der Waals surface area (Å²) < 4.78 is 5.90. The van der Waals surface area contributed by atoms with Crippen molar-refractivity contribution in [2.45, 2.75) is 20.3 Å². The number of anilines is 2. The summed E-state index contributed by atoms with van der Waals surface area (Å²) in [5.41, 5.74) is 1.80. The minimum absolute atomic E-state index is 0.0534. The lowest BCUT2D eigenvalue weighted by atomic mass is 10.1. The average molecular weight is 414 g/mol. The first kappa shape index (κ1) is 20.3. The molecule has 0 unspecified atom stereocenters. The molecule has 0 radical (unpaired) electrons. The van der Waals surface area contributed by atoms with Crippen LogP contribution in [0.5, 0.6) is 11.5 Å². The van der Waals surface area contributed by atoms with Gasteiger partial charge in [-0.1, -0.05) is 38.1 Å². The van der Waals surface area contributed by atoms with Gasteiger partial charge in [0.2, 0.25) is 5.91 Å². The Balaban J connectivity index is 1.55. The number of nitrogens with zero attached hydrogens (tertiary/aromatic N) is 1. The number of hydrogen-bond acceptors (Lipinski definition) is 4. The lowest BCUT2D eigenvalue weighted by molar-refractivity contribution is -0.119. The lowest BCUT2D eigenvalue weighted by Crippen LogP contribution is -2.29. The summed E-state index contributed by atoms with van der Waals surface area (Å²) >= 11 is 0. The van der Waals surface area contributed by atoms with Gasteiger partial charge >= 0.3 is 0 Å². The maximum absolute atomic E-state index is 12.9. The van der Waals surface area contributed by atoms with Crippen LogP contribution in [0, 0.1) is 5.92 Å². The van der Waals surface area contributed by atoms with Crippen LogP contribution >= 0.6 is 0 Å². The van der Waals surface area contributed by atoms with E-state index in [-0.39, 0.29) is 23.6 Å². The van der Waals surface area contributed by atoms with Crippen LogP contribution in [0.15, 0.2) is 72.8 Å². The fraction of sp³-hybridized carbons (Fsp3) is 0.160. The third kappa shape index (κ3) is 4.05. The van der Waals surface area contributed by atoms with Gasteiger partial charge in [0.25, 0.3) is 11.8 Å². The third-order valence-electron chi connectivity index (χ3n) is 5.27. The van der Waals surface area contributed by atoms with Gasteiger partial charge in [-0.05, 0) is 48.9 Å². The van der Waals surface area contributed by atoms with Gasteiger partial charge in [-0.3, -0.25) is 14.4 Å². The van der Waals surface area contributed by atoms with Crippen molar-refractivity contribution in [1.82, 2.24) is 0 Å². The largest absolute Gasteiger partial charge is 0.457 e. The van der Waals surface area contributed by atoms with Crippen molar-refractivity contribution < 1.29 is 19.1 Å². The Morgan fingerprint density at radius 2 is 1.61 bits per heavy atom. The fourth-order valence-corrected chi connectivity index (χ4v) is 3.32. The molecular weight excluding hydrogens is 392 g/mol. The van der Waals surface area contributed by atoms with Crippen molar-refractivity contribution in [2.24, 2.45) is 5.92 Å². The number of para-hydroxylation sites is 1. The van der Waals surface area contributed by atoms with E-state index < -0.39 is 0 Å². The highest BCUT2D eigenvalue weighted by Gasteiger charge is 2.36. The van der Waals surface area contributed by atoms with Gasteiger partial charge < -0.3 is 10.1 Å². The summed E-state index contributed by atoms with van der Waals surface area (Å²) in [7, 11) is 0. The number of nitrogens with one attached hydrogen (secondary N) is 1. The Bertz CT molecular complexity index is 1160. The first-order valence-corrected chi connectivity index (χ1v) is 10.1. The maximum Gasteiger partial charge on any atom is 0.266 e. The number of carbonyl (C=O) groups excluding carboxylic acids is 3. The van der Waals surface area contributed by atoms with E-state index in [9.17, 15) is 14.4 Å². The van der Waals surface area contributed by atoms with Crippen molar-refractivity contribution in [3.63, 3.8) is 0 Å². The highest BCUT2D eigenvalue weighted by Crippen LogP contribution is 2.32. The van der Waals surface area contributed by atoms with E-state index in [1.54, 1.807) is 66.7 Å². The van der Waals surface area contributed by atoms with E-state index in [1.165, 1.54) is 4.90 Å². The van der Waals surface area contributed by atoms with Gasteiger partial charge in [0, 0.05) is 17.7 Å². The summed E-state index contributed by atoms with van der Waals surface area (Å²) in [6.07, 6.45) is 0.754. The molecule has 1 aliphatic heterocycles. The minimum Gasteiger partial charge on any atom is -0.457 e. The zero-order valence-corrected chi connectivity index (χ0v) is 17.3. The Labute approximate surface area is 180 Å². The number of amides is 3. The quantitative estimate of drug-likeness (QED) is 0.558. The van der Waals surface area contributed by atoms with Crippen LogP contribution in [0.25, 0.3) is 0 Å². The second-order valence-electron chi connectivity index (χ2n) is 7.42. The molecule has 1 atom stereocenters. The van der Waals surface area contributed by atoms with Gasteiger partial charge in [-0.25, -0.2) is 4.90 Å². The molecule has 1 N–H and O–H groups in total. The van der Waals surface area contributed by atoms with Crippen LogP contribution in [0.3, 0.4) is 0 Å². The Hall–Kier alpha value is -3.93. The van der Waals surface area contributed by atoms with Crippen LogP contribution in [0.4, 0.5) is 11.4 Å². The van der Waals surface area contributed by atoms with Crippen LogP contribution in [0.1, 0.15) is 41.0 Å². The van der Waals surface area contributed by atoms with Gasteiger partial charge in [0.05, 0.1) is 16.8 Å². The Morgan fingerprint density at radius 1 is 0.903 bits per heavy atom. The minimum atomic E-state index is -0.383. The SMILES string of the molecule is CC[C@@H](C)C(=O)Nc1cccc(Oc2ccc3c(c2)C(=O)N(c2ccccc2)C3=O)c1. The number of imide groups is 1. The summed E-state index contributed by atoms with van der Waals surface area (Å²) in [6, 6.07) is 20.7. The number of carbonyl (C=O) groups is 3.